The van der Waals surface area contributed by atoms with Crippen LogP contribution in [0, 0.1) is 6.92 Å². The molecule has 0 aliphatic carbocycles. The molecule has 3 heterocycles. The average Bonchev–Trinajstić information content (AvgIpc) is 3.17. The molecule has 0 amide bonds. The van der Waals surface area contributed by atoms with Crippen molar-refractivity contribution in [1.29, 1.82) is 0 Å². The maximum absolute atomic E-state index is 4.37. The van der Waals surface area contributed by atoms with Crippen molar-refractivity contribution in [2.24, 2.45) is 15.1 Å². The Morgan fingerprint density at radius 1 is 1.29 bits per heavy atom. The van der Waals surface area contributed by atoms with Crippen molar-refractivity contribution in [2.45, 2.75) is 13.8 Å². The van der Waals surface area contributed by atoms with Gasteiger partial charge in [0.2, 0.25) is 11.9 Å². The van der Waals surface area contributed by atoms with Gasteiger partial charge in [-0.05, 0) is 13.8 Å². The van der Waals surface area contributed by atoms with Crippen LogP contribution < -0.4 is 16.1 Å². The van der Waals surface area contributed by atoms with Crippen LogP contribution in [-0.4, -0.2) is 53.6 Å². The molecule has 3 N–H and O–H groups in total. The van der Waals surface area contributed by atoms with E-state index in [1.54, 1.807) is 0 Å². The first-order valence-electron chi connectivity index (χ1n) is 6.68. The summed E-state index contributed by atoms with van der Waals surface area (Å²) in [5, 5.41) is 15.0. The fourth-order valence-corrected chi connectivity index (χ4v) is 2.18. The maximum Gasteiger partial charge on any atom is 0.219 e. The number of halogens is 1. The lowest BCUT2D eigenvalue weighted by atomic mass is 10.2. The zero-order chi connectivity index (χ0) is 13.9. The minimum absolute atomic E-state index is 0. The van der Waals surface area contributed by atoms with E-state index in [4.69, 9.17) is 0 Å². The SMILES string of the molecule is Br.C/C(=N\NC1=NCCN1)c1cnn(C2=NCCN2)c1C. The molecule has 0 aromatic carbocycles. The lowest BCUT2D eigenvalue weighted by Crippen LogP contribution is -2.31. The van der Waals surface area contributed by atoms with Gasteiger partial charge in [0.05, 0.1) is 30.7 Å². The molecule has 0 bridgehead atoms. The van der Waals surface area contributed by atoms with E-state index in [1.165, 1.54) is 0 Å². The molecule has 1 aromatic heterocycles. The predicted octanol–water partition coefficient (Wildman–Crippen LogP) is -0.150. The van der Waals surface area contributed by atoms with Gasteiger partial charge >= 0.3 is 0 Å². The van der Waals surface area contributed by atoms with Crippen LogP contribution in [0.4, 0.5) is 0 Å². The number of nitrogens with zero attached hydrogens (tertiary/aromatic N) is 5. The first kappa shape index (κ1) is 15.5. The molecule has 2 aliphatic rings. The molecule has 114 valence electrons. The fourth-order valence-electron chi connectivity index (χ4n) is 2.18. The average molecular weight is 355 g/mol. The second-order valence-corrected chi connectivity index (χ2v) is 4.65. The molecule has 1 aromatic rings. The lowest BCUT2D eigenvalue weighted by Gasteiger charge is -2.06. The number of aromatic nitrogens is 2. The smallest absolute Gasteiger partial charge is 0.219 e. The quantitative estimate of drug-likeness (QED) is 0.508. The number of hydrazone groups is 1. The first-order chi connectivity index (χ1) is 9.75. The zero-order valence-corrected chi connectivity index (χ0v) is 13.8. The summed E-state index contributed by atoms with van der Waals surface area (Å²) in [5.74, 6) is 1.52. The number of nitrogens with one attached hydrogen (secondary N) is 3. The van der Waals surface area contributed by atoms with Gasteiger partial charge in [-0.1, -0.05) is 0 Å². The molecule has 8 nitrogen and oxygen atoms in total. The van der Waals surface area contributed by atoms with E-state index in [0.29, 0.717) is 0 Å². The Hall–Kier alpha value is -1.90. The number of hydrogen-bond donors (Lipinski definition) is 3. The third-order valence-corrected chi connectivity index (χ3v) is 3.26. The number of rotatable bonds is 2. The van der Waals surface area contributed by atoms with E-state index in [1.807, 2.05) is 24.7 Å². The van der Waals surface area contributed by atoms with E-state index in [9.17, 15) is 0 Å². The second-order valence-electron chi connectivity index (χ2n) is 4.65. The number of hydrogen-bond acceptors (Lipinski definition) is 7. The molecular formula is C12H19BrN8. The van der Waals surface area contributed by atoms with Gasteiger partial charge in [0.15, 0.2) is 0 Å². The van der Waals surface area contributed by atoms with Crippen LogP contribution in [0.15, 0.2) is 21.3 Å². The molecule has 0 saturated carbocycles. The van der Waals surface area contributed by atoms with Gasteiger partial charge in [-0.3, -0.25) is 0 Å². The third-order valence-electron chi connectivity index (χ3n) is 3.26. The highest BCUT2D eigenvalue weighted by Gasteiger charge is 2.15. The third kappa shape index (κ3) is 3.23. The Kier molecular flexibility index (Phi) is 4.94. The molecular weight excluding hydrogens is 336 g/mol. The first-order valence-corrected chi connectivity index (χ1v) is 6.68. The van der Waals surface area contributed by atoms with E-state index in [-0.39, 0.29) is 17.0 Å². The van der Waals surface area contributed by atoms with Crippen molar-refractivity contribution in [3.8, 4) is 0 Å². The summed E-state index contributed by atoms with van der Waals surface area (Å²) in [7, 11) is 0. The minimum Gasteiger partial charge on any atom is -0.353 e. The summed E-state index contributed by atoms with van der Waals surface area (Å²) in [6.45, 7) is 7.27. The van der Waals surface area contributed by atoms with Crippen molar-refractivity contribution >= 4 is 34.6 Å². The highest BCUT2D eigenvalue weighted by Crippen LogP contribution is 2.09. The Bertz CT molecular complexity index is 600. The van der Waals surface area contributed by atoms with Gasteiger partial charge < -0.3 is 10.6 Å². The van der Waals surface area contributed by atoms with E-state index >= 15 is 0 Å². The van der Waals surface area contributed by atoms with Gasteiger partial charge in [-0.15, -0.1) is 17.0 Å². The maximum atomic E-state index is 4.37. The van der Waals surface area contributed by atoms with Crippen molar-refractivity contribution in [1.82, 2.24) is 25.8 Å². The van der Waals surface area contributed by atoms with Crippen LogP contribution in [0.3, 0.4) is 0 Å². The van der Waals surface area contributed by atoms with E-state index in [2.05, 4.69) is 36.2 Å². The summed E-state index contributed by atoms with van der Waals surface area (Å²) in [6, 6.07) is 0. The monoisotopic (exact) mass is 354 g/mol. The predicted molar refractivity (Wildman–Crippen MR) is 88.6 cm³/mol. The van der Waals surface area contributed by atoms with Gasteiger partial charge in [-0.2, -0.15) is 10.2 Å². The topological polar surface area (TPSA) is 91.0 Å². The van der Waals surface area contributed by atoms with Crippen LogP contribution in [-0.2, 0) is 0 Å². The second kappa shape index (κ2) is 6.70. The van der Waals surface area contributed by atoms with Crippen LogP contribution in [0.2, 0.25) is 0 Å². The van der Waals surface area contributed by atoms with Crippen molar-refractivity contribution in [3.05, 3.63) is 17.5 Å². The molecule has 0 radical (unpaired) electrons. The molecule has 0 unspecified atom stereocenters. The van der Waals surface area contributed by atoms with Gasteiger partial charge in [-0.25, -0.2) is 20.1 Å². The fraction of sp³-hybridized carbons (Fsp3) is 0.500. The lowest BCUT2D eigenvalue weighted by molar-refractivity contribution is 0.850. The molecule has 0 fully saturated rings. The van der Waals surface area contributed by atoms with Crippen LogP contribution >= 0.6 is 17.0 Å². The molecule has 9 heteroatoms. The Morgan fingerprint density at radius 2 is 2.05 bits per heavy atom. The van der Waals surface area contributed by atoms with E-state index < -0.39 is 0 Å². The number of guanidine groups is 1. The van der Waals surface area contributed by atoms with Crippen molar-refractivity contribution < 1.29 is 0 Å². The normalized spacial score (nSPS) is 17.5. The standard InChI is InChI=1S/C12H18N8.BrH/c1-8(18-19-11-13-3-4-14-11)10-7-17-20(9(10)2)12-15-5-6-16-12;/h7H,3-6H2,1-2H3,(H,15,16)(H2,13,14,19);1H/b18-8+;. The highest BCUT2D eigenvalue weighted by atomic mass is 79.9. The van der Waals surface area contributed by atoms with Crippen LogP contribution in [0.5, 0.6) is 0 Å². The summed E-state index contributed by atoms with van der Waals surface area (Å²) < 4.78 is 1.81. The van der Waals surface area contributed by atoms with Gasteiger partial charge in [0.1, 0.15) is 0 Å². The molecule has 2 aliphatic heterocycles. The van der Waals surface area contributed by atoms with Gasteiger partial charge in [0.25, 0.3) is 0 Å². The van der Waals surface area contributed by atoms with Crippen LogP contribution in [0.1, 0.15) is 18.2 Å². The summed E-state index contributed by atoms with van der Waals surface area (Å²) in [6.07, 6.45) is 1.81. The Morgan fingerprint density at radius 3 is 2.71 bits per heavy atom. The summed E-state index contributed by atoms with van der Waals surface area (Å²) in [5.41, 5.74) is 5.80. The highest BCUT2D eigenvalue weighted by molar-refractivity contribution is 8.93. The van der Waals surface area contributed by atoms with E-state index in [0.717, 1.165) is 55.1 Å². The molecule has 0 spiro atoms. The molecule has 0 atom stereocenters. The molecule has 3 rings (SSSR count). The Labute approximate surface area is 133 Å². The Balaban J connectivity index is 0.00000161. The molecule has 0 saturated heterocycles. The van der Waals surface area contributed by atoms with Gasteiger partial charge in [0, 0.05) is 18.7 Å². The summed E-state index contributed by atoms with van der Waals surface area (Å²) in [4.78, 5) is 8.60. The zero-order valence-electron chi connectivity index (χ0n) is 12.1. The minimum atomic E-state index is 0. The summed E-state index contributed by atoms with van der Waals surface area (Å²) >= 11 is 0. The van der Waals surface area contributed by atoms with Crippen molar-refractivity contribution in [2.75, 3.05) is 26.2 Å². The van der Waals surface area contributed by atoms with Crippen LogP contribution in [0.25, 0.3) is 0 Å². The molecule has 21 heavy (non-hydrogen) atoms. The van der Waals surface area contributed by atoms with Crippen molar-refractivity contribution in [3.63, 3.8) is 0 Å². The largest absolute Gasteiger partial charge is 0.353 e. The number of aliphatic imine (C=N–C) groups is 2.